The number of rotatable bonds is 3. The monoisotopic (exact) mass is 266 g/mol. The molecule has 0 spiro atoms. The highest BCUT2D eigenvalue weighted by atomic mass is 16.2. The van der Waals surface area contributed by atoms with Gasteiger partial charge >= 0.3 is 6.03 Å². The molecule has 5 heteroatoms. The zero-order valence-corrected chi connectivity index (χ0v) is 10.8. The molecule has 2 amide bonds. The van der Waals surface area contributed by atoms with E-state index in [4.69, 9.17) is 0 Å². The summed E-state index contributed by atoms with van der Waals surface area (Å²) in [5, 5.41) is 7.91. The number of aromatic nitrogens is 2. The van der Waals surface area contributed by atoms with E-state index < -0.39 is 0 Å². The average Bonchev–Trinajstić information content (AvgIpc) is 2.90. The van der Waals surface area contributed by atoms with Crippen LogP contribution in [0.15, 0.2) is 60.8 Å². The van der Waals surface area contributed by atoms with Crippen molar-refractivity contribution in [1.29, 1.82) is 0 Å². The first kappa shape index (κ1) is 12.2. The molecule has 0 aliphatic heterocycles. The fourth-order valence-corrected chi connectivity index (χ4v) is 1.97. The van der Waals surface area contributed by atoms with Gasteiger partial charge in [0.15, 0.2) is 0 Å². The Labute approximate surface area is 116 Å². The molecule has 0 unspecified atom stereocenters. The number of fused-ring (bicyclic) bond motifs is 1. The number of carbonyl (C=O) groups excluding carboxylic acids is 1. The number of benzene rings is 2. The van der Waals surface area contributed by atoms with Crippen molar-refractivity contribution < 1.29 is 4.79 Å². The van der Waals surface area contributed by atoms with Crippen LogP contribution >= 0.6 is 0 Å². The molecule has 3 rings (SSSR count). The Hall–Kier alpha value is -2.82. The standard InChI is InChI=1S/C15H14N4O/c20-15(16-10-12-6-2-1-3-7-12)18-19-14-9-5-4-8-13(14)11-17-19/h1-9,11H,10H2,(H2,16,18,20). The zero-order chi connectivity index (χ0) is 13.8. The second kappa shape index (κ2) is 5.44. The summed E-state index contributed by atoms with van der Waals surface area (Å²) < 4.78 is 0. The Balaban J connectivity index is 1.64. The van der Waals surface area contributed by atoms with Gasteiger partial charge < -0.3 is 5.32 Å². The van der Waals surface area contributed by atoms with Crippen LogP contribution in [0, 0.1) is 0 Å². The number of para-hydroxylation sites is 1. The Kier molecular flexibility index (Phi) is 3.33. The molecule has 0 aliphatic carbocycles. The normalized spacial score (nSPS) is 10.4. The summed E-state index contributed by atoms with van der Waals surface area (Å²) >= 11 is 0. The van der Waals surface area contributed by atoms with Crippen molar-refractivity contribution in [1.82, 2.24) is 15.2 Å². The predicted octanol–water partition coefficient (Wildman–Crippen LogP) is 2.49. The van der Waals surface area contributed by atoms with Crippen LogP contribution < -0.4 is 10.7 Å². The van der Waals surface area contributed by atoms with Crippen molar-refractivity contribution in [2.45, 2.75) is 6.54 Å². The lowest BCUT2D eigenvalue weighted by Gasteiger charge is -2.08. The molecular formula is C15H14N4O. The first-order valence-corrected chi connectivity index (χ1v) is 6.34. The van der Waals surface area contributed by atoms with E-state index in [0.717, 1.165) is 16.5 Å². The summed E-state index contributed by atoms with van der Waals surface area (Å²) in [5.41, 5.74) is 4.60. The van der Waals surface area contributed by atoms with Gasteiger partial charge in [0.1, 0.15) is 0 Å². The first-order chi connectivity index (χ1) is 9.83. The van der Waals surface area contributed by atoms with Crippen molar-refractivity contribution in [2.75, 3.05) is 5.43 Å². The van der Waals surface area contributed by atoms with Crippen molar-refractivity contribution >= 4 is 16.9 Å². The van der Waals surface area contributed by atoms with Crippen LogP contribution in [0.1, 0.15) is 5.56 Å². The molecular weight excluding hydrogens is 252 g/mol. The maximum Gasteiger partial charge on any atom is 0.335 e. The molecule has 100 valence electrons. The average molecular weight is 266 g/mol. The van der Waals surface area contributed by atoms with Crippen LogP contribution in [0.2, 0.25) is 0 Å². The molecule has 0 bridgehead atoms. The van der Waals surface area contributed by atoms with E-state index >= 15 is 0 Å². The first-order valence-electron chi connectivity index (χ1n) is 6.34. The number of nitrogens with zero attached hydrogens (tertiary/aromatic N) is 2. The van der Waals surface area contributed by atoms with Gasteiger partial charge in [0, 0.05) is 11.9 Å². The molecule has 20 heavy (non-hydrogen) atoms. The second-order valence-electron chi connectivity index (χ2n) is 4.40. The third kappa shape index (κ3) is 2.61. The van der Waals surface area contributed by atoms with E-state index in [1.165, 1.54) is 4.79 Å². The smallest absolute Gasteiger partial charge is 0.333 e. The summed E-state index contributed by atoms with van der Waals surface area (Å²) in [7, 11) is 0. The number of carbonyl (C=O) groups is 1. The fourth-order valence-electron chi connectivity index (χ4n) is 1.97. The van der Waals surface area contributed by atoms with Crippen LogP contribution in [0.3, 0.4) is 0 Å². The van der Waals surface area contributed by atoms with Crippen LogP contribution in [0.5, 0.6) is 0 Å². The lowest BCUT2D eigenvalue weighted by Crippen LogP contribution is -2.34. The quantitative estimate of drug-likeness (QED) is 0.765. The van der Waals surface area contributed by atoms with Crippen LogP contribution in [0.25, 0.3) is 10.9 Å². The van der Waals surface area contributed by atoms with Crippen molar-refractivity contribution in [3.63, 3.8) is 0 Å². The lowest BCUT2D eigenvalue weighted by atomic mass is 10.2. The maximum absolute atomic E-state index is 11.8. The zero-order valence-electron chi connectivity index (χ0n) is 10.8. The Bertz CT molecular complexity index is 721. The number of hydrogen-bond donors (Lipinski definition) is 2. The molecule has 1 aromatic heterocycles. The van der Waals surface area contributed by atoms with Gasteiger partial charge in [-0.3, -0.25) is 0 Å². The number of urea groups is 1. The molecule has 2 aromatic carbocycles. The minimum absolute atomic E-state index is 0.289. The number of hydrogen-bond acceptors (Lipinski definition) is 2. The van der Waals surface area contributed by atoms with Gasteiger partial charge in [-0.1, -0.05) is 48.5 Å². The Morgan fingerprint density at radius 2 is 1.80 bits per heavy atom. The highest BCUT2D eigenvalue weighted by Gasteiger charge is 2.05. The molecule has 3 aromatic rings. The van der Waals surface area contributed by atoms with Crippen molar-refractivity contribution in [3.05, 3.63) is 66.4 Å². The molecule has 0 fully saturated rings. The maximum atomic E-state index is 11.8. The largest absolute Gasteiger partial charge is 0.335 e. The van der Waals surface area contributed by atoms with E-state index in [1.807, 2.05) is 54.6 Å². The minimum Gasteiger partial charge on any atom is -0.333 e. The molecule has 0 atom stereocenters. The third-order valence-electron chi connectivity index (χ3n) is 2.98. The van der Waals surface area contributed by atoms with Gasteiger partial charge in [-0.25, -0.2) is 10.2 Å². The molecule has 1 heterocycles. The Morgan fingerprint density at radius 1 is 1.05 bits per heavy atom. The predicted molar refractivity (Wildman–Crippen MR) is 77.8 cm³/mol. The Morgan fingerprint density at radius 3 is 2.65 bits per heavy atom. The number of nitrogens with one attached hydrogen (secondary N) is 2. The summed E-state index contributed by atoms with van der Waals surface area (Å²) in [6.45, 7) is 0.478. The van der Waals surface area contributed by atoms with Crippen molar-refractivity contribution in [3.8, 4) is 0 Å². The topological polar surface area (TPSA) is 59.0 Å². The minimum atomic E-state index is -0.289. The van der Waals surface area contributed by atoms with Gasteiger partial charge in [-0.15, -0.1) is 0 Å². The van der Waals surface area contributed by atoms with E-state index in [-0.39, 0.29) is 6.03 Å². The number of amides is 2. The highest BCUT2D eigenvalue weighted by molar-refractivity contribution is 5.85. The van der Waals surface area contributed by atoms with E-state index in [2.05, 4.69) is 15.8 Å². The summed E-state index contributed by atoms with van der Waals surface area (Å²) in [4.78, 5) is 13.3. The molecule has 5 nitrogen and oxygen atoms in total. The molecule has 0 saturated carbocycles. The molecule has 0 radical (unpaired) electrons. The van der Waals surface area contributed by atoms with Gasteiger partial charge in [0.25, 0.3) is 0 Å². The SMILES string of the molecule is O=C(NCc1ccccc1)Nn1ncc2ccccc21. The third-order valence-corrected chi connectivity index (χ3v) is 2.98. The highest BCUT2D eigenvalue weighted by Crippen LogP contribution is 2.10. The van der Waals surface area contributed by atoms with E-state index in [0.29, 0.717) is 6.54 Å². The van der Waals surface area contributed by atoms with E-state index in [1.54, 1.807) is 6.20 Å². The van der Waals surface area contributed by atoms with Crippen LogP contribution in [0.4, 0.5) is 4.79 Å². The van der Waals surface area contributed by atoms with Gasteiger partial charge in [-0.2, -0.15) is 9.89 Å². The van der Waals surface area contributed by atoms with E-state index in [9.17, 15) is 4.79 Å². The van der Waals surface area contributed by atoms with Crippen LogP contribution in [-0.2, 0) is 6.54 Å². The van der Waals surface area contributed by atoms with Gasteiger partial charge in [-0.05, 0) is 11.6 Å². The second-order valence-corrected chi connectivity index (χ2v) is 4.40. The molecule has 2 N–H and O–H groups in total. The summed E-state index contributed by atoms with van der Waals surface area (Å²) in [6.07, 6.45) is 1.72. The summed E-state index contributed by atoms with van der Waals surface area (Å²) in [5.74, 6) is 0. The fraction of sp³-hybridized carbons (Fsp3) is 0.0667. The van der Waals surface area contributed by atoms with Crippen LogP contribution in [-0.4, -0.2) is 15.9 Å². The summed E-state index contributed by atoms with van der Waals surface area (Å²) in [6, 6.07) is 17.1. The molecule has 0 aliphatic rings. The molecule has 0 saturated heterocycles. The van der Waals surface area contributed by atoms with Crippen molar-refractivity contribution in [2.24, 2.45) is 0 Å². The van der Waals surface area contributed by atoms with Gasteiger partial charge in [0.2, 0.25) is 0 Å². The van der Waals surface area contributed by atoms with Gasteiger partial charge in [0.05, 0.1) is 11.7 Å². The lowest BCUT2D eigenvalue weighted by molar-refractivity contribution is 0.248.